The second-order valence-corrected chi connectivity index (χ2v) is 8.85. The van der Waals surface area contributed by atoms with Gasteiger partial charge in [-0.1, -0.05) is 38.1 Å². The van der Waals surface area contributed by atoms with E-state index in [4.69, 9.17) is 9.84 Å². The number of hydrogen-bond donors (Lipinski definition) is 2. The Hall–Kier alpha value is -2.58. The van der Waals surface area contributed by atoms with E-state index >= 15 is 0 Å². The van der Waals surface area contributed by atoms with E-state index in [0.717, 1.165) is 34.2 Å². The number of halogens is 1. The van der Waals surface area contributed by atoms with Crippen molar-refractivity contribution in [1.29, 1.82) is 0 Å². The summed E-state index contributed by atoms with van der Waals surface area (Å²) >= 11 is 2.74. The molecule has 0 fully saturated rings. The number of anilines is 1. The van der Waals surface area contributed by atoms with Crippen LogP contribution in [0.4, 0.5) is 10.1 Å². The van der Waals surface area contributed by atoms with Crippen molar-refractivity contribution in [3.63, 3.8) is 0 Å². The Balaban J connectivity index is 1.68. The lowest BCUT2D eigenvalue weighted by molar-refractivity contribution is 0.0691. The topological polar surface area (TPSA) is 71.5 Å². The van der Waals surface area contributed by atoms with Crippen molar-refractivity contribution in [1.82, 2.24) is 4.98 Å². The highest BCUT2D eigenvalue weighted by Gasteiger charge is 2.16. The number of nitrogens with zero attached hydrogens (tertiary/aromatic N) is 1. The smallest absolute Gasteiger partial charge is 0.338 e. The Labute approximate surface area is 183 Å². The van der Waals surface area contributed by atoms with Crippen molar-refractivity contribution in [3.8, 4) is 16.3 Å². The number of rotatable bonds is 9. The van der Waals surface area contributed by atoms with Gasteiger partial charge in [0.25, 0.3) is 0 Å². The lowest BCUT2D eigenvalue weighted by Crippen LogP contribution is -2.03. The number of hydrogen-bond acceptors (Lipinski definition) is 6. The molecule has 0 radical (unpaired) electrons. The monoisotopic (exact) mass is 446 g/mol. The highest BCUT2D eigenvalue weighted by Crippen LogP contribution is 2.34. The zero-order chi connectivity index (χ0) is 21.7. The van der Waals surface area contributed by atoms with Crippen molar-refractivity contribution < 1.29 is 19.0 Å². The van der Waals surface area contributed by atoms with Gasteiger partial charge in [-0.15, -0.1) is 11.3 Å². The first-order chi connectivity index (χ1) is 14.4. The summed E-state index contributed by atoms with van der Waals surface area (Å²) in [4.78, 5) is 15.7. The van der Waals surface area contributed by atoms with E-state index < -0.39 is 17.3 Å². The Kier molecular flexibility index (Phi) is 7.33. The zero-order valence-electron chi connectivity index (χ0n) is 16.9. The summed E-state index contributed by atoms with van der Waals surface area (Å²) < 4.78 is 22.2. The van der Waals surface area contributed by atoms with Crippen LogP contribution in [-0.2, 0) is 6.42 Å². The van der Waals surface area contributed by atoms with E-state index in [1.165, 1.54) is 42.4 Å². The van der Waals surface area contributed by atoms with E-state index in [2.05, 4.69) is 47.8 Å². The molecule has 3 rings (SSSR count). The lowest BCUT2D eigenvalue weighted by Gasteiger charge is -2.11. The number of aryl methyl sites for hydroxylation is 1. The summed E-state index contributed by atoms with van der Waals surface area (Å²) in [5.74, 6) is -1.25. The average molecular weight is 447 g/mol. The van der Waals surface area contributed by atoms with E-state index in [1.807, 2.05) is 5.38 Å². The minimum atomic E-state index is -1.34. The maximum Gasteiger partial charge on any atom is 0.338 e. The molecule has 158 valence electrons. The summed E-state index contributed by atoms with van der Waals surface area (Å²) in [7, 11) is 1.40. The number of carbonyl (C=O) groups is 1. The standard InChI is InChI=1S/C22H23FN2O3S2/c1-13(2)4-5-14-6-8-15(9-7-14)21-24-20(12-29-21)30-25-18-11-17(23)16(22(26)27)10-19(18)28-3/h6-13,25H,4-5H2,1-3H3,(H,26,27). The van der Waals surface area contributed by atoms with Gasteiger partial charge >= 0.3 is 5.97 Å². The van der Waals surface area contributed by atoms with Crippen LogP contribution in [-0.4, -0.2) is 23.2 Å². The SMILES string of the molecule is COc1cc(C(=O)O)c(F)cc1NSc1csc(-c2ccc(CCC(C)C)cc2)n1. The maximum absolute atomic E-state index is 14.0. The van der Waals surface area contributed by atoms with E-state index in [1.54, 1.807) is 0 Å². The number of aromatic carboxylic acids is 1. The van der Waals surface area contributed by atoms with E-state index in [9.17, 15) is 9.18 Å². The fraction of sp³-hybridized carbons (Fsp3) is 0.273. The number of carboxylic acids is 1. The summed E-state index contributed by atoms with van der Waals surface area (Å²) in [6.07, 6.45) is 2.24. The van der Waals surface area contributed by atoms with Crippen molar-refractivity contribution in [3.05, 3.63) is 58.7 Å². The number of carboxylic acid groups (broad SMARTS) is 1. The molecular weight excluding hydrogens is 423 g/mol. The van der Waals surface area contributed by atoms with Gasteiger partial charge in [-0.2, -0.15) is 0 Å². The molecule has 0 spiro atoms. The molecule has 0 bridgehead atoms. The number of ether oxygens (including phenoxy) is 1. The second kappa shape index (κ2) is 9.95. The van der Waals surface area contributed by atoms with Crippen LogP contribution in [0.25, 0.3) is 10.6 Å². The Bertz CT molecular complexity index is 1020. The third-order valence-corrected chi connectivity index (χ3v) is 6.26. The number of thiazole rings is 1. The van der Waals surface area contributed by atoms with Gasteiger partial charge in [-0.05, 0) is 30.4 Å². The normalized spacial score (nSPS) is 11.0. The molecule has 0 atom stereocenters. The molecule has 5 nitrogen and oxygen atoms in total. The maximum atomic E-state index is 14.0. The minimum absolute atomic E-state index is 0.244. The second-order valence-electron chi connectivity index (χ2n) is 7.16. The molecular formula is C22H23FN2O3S2. The predicted octanol–water partition coefficient (Wildman–Crippen LogP) is 6.36. The van der Waals surface area contributed by atoms with E-state index in [-0.39, 0.29) is 5.75 Å². The summed E-state index contributed by atoms with van der Waals surface area (Å²) in [6.45, 7) is 4.45. The van der Waals surface area contributed by atoms with Gasteiger partial charge < -0.3 is 14.6 Å². The summed E-state index contributed by atoms with van der Waals surface area (Å²) in [5.41, 5.74) is 2.28. The van der Waals surface area contributed by atoms with Crippen LogP contribution in [0.15, 0.2) is 46.8 Å². The molecule has 2 aromatic carbocycles. The van der Waals surface area contributed by atoms with Crippen LogP contribution in [0.1, 0.15) is 36.2 Å². The number of aromatic nitrogens is 1. The van der Waals surface area contributed by atoms with Crippen molar-refractivity contribution in [2.45, 2.75) is 31.7 Å². The molecule has 0 aliphatic rings. The molecule has 0 aliphatic heterocycles. The molecule has 0 saturated heterocycles. The quantitative estimate of drug-likeness (QED) is 0.373. The third-order valence-electron chi connectivity index (χ3n) is 4.48. The fourth-order valence-electron chi connectivity index (χ4n) is 2.78. The fourth-order valence-corrected chi connectivity index (χ4v) is 4.37. The Morgan fingerprint density at radius 2 is 2.03 bits per heavy atom. The molecule has 2 N–H and O–H groups in total. The first kappa shape index (κ1) is 22.1. The zero-order valence-corrected chi connectivity index (χ0v) is 18.6. The Morgan fingerprint density at radius 1 is 1.30 bits per heavy atom. The van der Waals surface area contributed by atoms with Crippen LogP contribution in [0.2, 0.25) is 0 Å². The summed E-state index contributed by atoms with van der Waals surface area (Å²) in [6, 6.07) is 10.7. The van der Waals surface area contributed by atoms with Crippen molar-refractivity contribution >= 4 is 34.9 Å². The van der Waals surface area contributed by atoms with Crippen LogP contribution in [0.3, 0.4) is 0 Å². The molecule has 0 aliphatic carbocycles. The first-order valence-corrected chi connectivity index (χ1v) is 11.2. The molecule has 8 heteroatoms. The van der Waals surface area contributed by atoms with Gasteiger partial charge in [-0.25, -0.2) is 14.2 Å². The predicted molar refractivity (Wildman–Crippen MR) is 120 cm³/mol. The number of benzene rings is 2. The highest BCUT2D eigenvalue weighted by molar-refractivity contribution is 8.00. The number of nitrogens with one attached hydrogen (secondary N) is 1. The van der Waals surface area contributed by atoms with Crippen molar-refractivity contribution in [2.24, 2.45) is 5.92 Å². The lowest BCUT2D eigenvalue weighted by atomic mass is 10.0. The highest BCUT2D eigenvalue weighted by atomic mass is 32.2. The number of methoxy groups -OCH3 is 1. The van der Waals surface area contributed by atoms with Gasteiger partial charge in [0, 0.05) is 29.0 Å². The van der Waals surface area contributed by atoms with Gasteiger partial charge in [0.2, 0.25) is 0 Å². The van der Waals surface area contributed by atoms with Gasteiger partial charge in [0.1, 0.15) is 21.6 Å². The minimum Gasteiger partial charge on any atom is -0.495 e. The summed E-state index contributed by atoms with van der Waals surface area (Å²) in [5, 5.41) is 12.6. The molecule has 3 aromatic rings. The first-order valence-electron chi connectivity index (χ1n) is 9.46. The van der Waals surface area contributed by atoms with Gasteiger partial charge in [0.15, 0.2) is 0 Å². The average Bonchev–Trinajstić information content (AvgIpc) is 3.20. The molecule has 0 amide bonds. The van der Waals surface area contributed by atoms with Crippen LogP contribution >= 0.6 is 23.3 Å². The molecule has 1 heterocycles. The van der Waals surface area contributed by atoms with Gasteiger partial charge in [-0.3, -0.25) is 0 Å². The van der Waals surface area contributed by atoms with Crippen LogP contribution in [0, 0.1) is 11.7 Å². The molecule has 0 unspecified atom stereocenters. The van der Waals surface area contributed by atoms with Crippen LogP contribution in [0.5, 0.6) is 5.75 Å². The van der Waals surface area contributed by atoms with Crippen molar-refractivity contribution in [2.75, 3.05) is 11.8 Å². The Morgan fingerprint density at radius 3 is 2.67 bits per heavy atom. The molecule has 1 aromatic heterocycles. The van der Waals surface area contributed by atoms with Gasteiger partial charge in [0.05, 0.1) is 18.4 Å². The van der Waals surface area contributed by atoms with Crippen LogP contribution < -0.4 is 9.46 Å². The van der Waals surface area contributed by atoms with E-state index in [0.29, 0.717) is 11.6 Å². The third kappa shape index (κ3) is 5.52. The molecule has 30 heavy (non-hydrogen) atoms. The largest absolute Gasteiger partial charge is 0.495 e. The molecule has 0 saturated carbocycles.